The number of amidine groups is 1. The van der Waals surface area contributed by atoms with Crippen molar-refractivity contribution in [1.82, 2.24) is 9.80 Å². The van der Waals surface area contributed by atoms with Gasteiger partial charge in [0.2, 0.25) is 11.8 Å². The Morgan fingerprint density at radius 1 is 1.41 bits per heavy atom. The van der Waals surface area contributed by atoms with Crippen molar-refractivity contribution in [3.63, 3.8) is 0 Å². The third kappa shape index (κ3) is 5.54. The Morgan fingerprint density at radius 3 is 2.66 bits per heavy atom. The van der Waals surface area contributed by atoms with Gasteiger partial charge >= 0.3 is 0 Å². The molecule has 1 N–H and O–H groups in total. The number of amides is 2. The molecule has 2 fully saturated rings. The number of aliphatic imine (C=N–C) groups is 1. The number of likely N-dealkylation sites (tertiary alicyclic amines) is 1. The second-order valence-corrected chi connectivity index (χ2v) is 8.61. The molecule has 1 aromatic rings. The molecule has 1 aromatic carbocycles. The predicted octanol–water partition coefficient (Wildman–Crippen LogP) is 3.07. The first-order valence-electron chi connectivity index (χ1n) is 10.9. The van der Waals surface area contributed by atoms with E-state index in [1.807, 2.05) is 11.8 Å². The van der Waals surface area contributed by atoms with E-state index in [1.165, 1.54) is 0 Å². The van der Waals surface area contributed by atoms with Crippen molar-refractivity contribution in [3.05, 3.63) is 35.9 Å². The lowest BCUT2D eigenvalue weighted by Gasteiger charge is -2.39. The molecule has 170 valence electrons. The normalized spacial score (nSPS) is 17.2. The van der Waals surface area contributed by atoms with Gasteiger partial charge in [0, 0.05) is 31.7 Å². The van der Waals surface area contributed by atoms with Crippen LogP contribution in [0.25, 0.3) is 5.70 Å². The van der Waals surface area contributed by atoms with Gasteiger partial charge in [-0.15, -0.1) is 0 Å². The van der Waals surface area contributed by atoms with E-state index in [0.717, 1.165) is 25.9 Å². The van der Waals surface area contributed by atoms with E-state index < -0.39 is 0 Å². The summed E-state index contributed by atoms with van der Waals surface area (Å²) in [5.41, 5.74) is 2.01. The number of anilines is 1. The van der Waals surface area contributed by atoms with Gasteiger partial charge in [-0.3, -0.25) is 9.59 Å². The number of nitriles is 1. The monoisotopic (exact) mass is 437 g/mol. The summed E-state index contributed by atoms with van der Waals surface area (Å²) in [6.45, 7) is 11.6. The summed E-state index contributed by atoms with van der Waals surface area (Å²) in [6.07, 6.45) is 1.40. The molecule has 1 unspecified atom stereocenters. The van der Waals surface area contributed by atoms with Gasteiger partial charge in [0.1, 0.15) is 18.6 Å². The number of benzene rings is 1. The molecule has 8 heteroatoms. The smallest absolute Gasteiger partial charge is 0.242 e. The van der Waals surface area contributed by atoms with Gasteiger partial charge in [-0.2, -0.15) is 5.26 Å². The standard InChI is InChI=1S/C24H31N5O3/c1-15-12-28(13-15)23(30)14-29(18(4)32-5)17(3)26-16(2)21-9-6-19(11-25)10-22(21)27-24(31)20-7-8-20/h6,9-10,15,18,20H,2,7-8,12-14H2,1,3-5H3,(H,27,31)/b26-17-. The molecule has 0 bridgehead atoms. The van der Waals surface area contributed by atoms with E-state index in [-0.39, 0.29) is 30.5 Å². The maximum atomic E-state index is 12.7. The Morgan fingerprint density at radius 2 is 2.09 bits per heavy atom. The summed E-state index contributed by atoms with van der Waals surface area (Å²) in [4.78, 5) is 33.2. The van der Waals surface area contributed by atoms with Crippen molar-refractivity contribution >= 4 is 29.0 Å². The number of carbonyl (C=O) groups is 2. The number of hydrogen-bond acceptors (Lipinski definition) is 5. The van der Waals surface area contributed by atoms with E-state index in [2.05, 4.69) is 29.9 Å². The molecule has 1 saturated carbocycles. The Balaban J connectivity index is 1.81. The zero-order chi connectivity index (χ0) is 23.4. The maximum Gasteiger partial charge on any atom is 0.242 e. The van der Waals surface area contributed by atoms with Gasteiger partial charge in [-0.05, 0) is 50.8 Å². The molecule has 1 heterocycles. The number of rotatable bonds is 8. The first kappa shape index (κ1) is 23.5. The van der Waals surface area contributed by atoms with Gasteiger partial charge in [0.05, 0.1) is 23.0 Å². The summed E-state index contributed by atoms with van der Waals surface area (Å²) in [5.74, 6) is 1.11. The highest BCUT2D eigenvalue weighted by Crippen LogP contribution is 2.32. The molecule has 2 aliphatic rings. The first-order chi connectivity index (χ1) is 15.2. The fourth-order valence-electron chi connectivity index (χ4n) is 3.65. The minimum atomic E-state index is -0.357. The lowest BCUT2D eigenvalue weighted by atomic mass is 10.0. The number of nitrogens with zero attached hydrogens (tertiary/aromatic N) is 4. The number of nitrogens with one attached hydrogen (secondary N) is 1. The molecule has 0 spiro atoms. The molecule has 3 rings (SSSR count). The molecular weight excluding hydrogens is 406 g/mol. The maximum absolute atomic E-state index is 12.7. The fraction of sp³-hybridized carbons (Fsp3) is 0.500. The minimum Gasteiger partial charge on any atom is -0.362 e. The number of hydrogen-bond donors (Lipinski definition) is 1. The molecule has 0 radical (unpaired) electrons. The lowest BCUT2D eigenvalue weighted by Crippen LogP contribution is -2.53. The van der Waals surface area contributed by atoms with Gasteiger partial charge in [-0.25, -0.2) is 4.99 Å². The predicted molar refractivity (Wildman–Crippen MR) is 124 cm³/mol. The number of ether oxygens (including phenoxy) is 1. The molecule has 32 heavy (non-hydrogen) atoms. The Bertz CT molecular complexity index is 970. The Kier molecular flexibility index (Phi) is 7.31. The number of carbonyl (C=O) groups excluding carboxylic acids is 2. The average molecular weight is 438 g/mol. The van der Waals surface area contributed by atoms with Crippen molar-refractivity contribution in [2.75, 3.05) is 32.1 Å². The molecule has 1 aliphatic carbocycles. The van der Waals surface area contributed by atoms with Crippen LogP contribution in [0.3, 0.4) is 0 Å². The summed E-state index contributed by atoms with van der Waals surface area (Å²) < 4.78 is 5.47. The second kappa shape index (κ2) is 9.96. The second-order valence-electron chi connectivity index (χ2n) is 8.61. The molecule has 0 aromatic heterocycles. The van der Waals surface area contributed by atoms with Crippen LogP contribution in [0.2, 0.25) is 0 Å². The number of methoxy groups -OCH3 is 1. The van der Waals surface area contributed by atoms with Crippen molar-refractivity contribution in [2.24, 2.45) is 16.8 Å². The van der Waals surface area contributed by atoms with Gasteiger partial charge in [-0.1, -0.05) is 13.5 Å². The summed E-state index contributed by atoms with van der Waals surface area (Å²) >= 11 is 0. The molecule has 1 saturated heterocycles. The van der Waals surface area contributed by atoms with Crippen LogP contribution < -0.4 is 5.32 Å². The lowest BCUT2D eigenvalue weighted by molar-refractivity contribution is -0.139. The molecular formula is C24H31N5O3. The van der Waals surface area contributed by atoms with Crippen molar-refractivity contribution in [1.29, 1.82) is 5.26 Å². The van der Waals surface area contributed by atoms with Gasteiger partial charge in [0.25, 0.3) is 0 Å². The average Bonchev–Trinajstić information content (AvgIpc) is 3.59. The van der Waals surface area contributed by atoms with Crippen LogP contribution in [0.5, 0.6) is 0 Å². The largest absolute Gasteiger partial charge is 0.362 e. The Hall–Kier alpha value is -3.18. The van der Waals surface area contributed by atoms with Crippen LogP contribution in [0.15, 0.2) is 29.8 Å². The zero-order valence-electron chi connectivity index (χ0n) is 19.2. The quantitative estimate of drug-likeness (QED) is 0.383. The van der Waals surface area contributed by atoms with Crippen LogP contribution in [0.1, 0.15) is 44.7 Å². The fourth-order valence-corrected chi connectivity index (χ4v) is 3.65. The topological polar surface area (TPSA) is 98.0 Å². The highest BCUT2D eigenvalue weighted by Gasteiger charge is 2.31. The summed E-state index contributed by atoms with van der Waals surface area (Å²) in [6, 6.07) is 7.13. The summed E-state index contributed by atoms with van der Waals surface area (Å²) in [7, 11) is 1.59. The van der Waals surface area contributed by atoms with Gasteiger partial charge in [0.15, 0.2) is 0 Å². The van der Waals surface area contributed by atoms with Gasteiger partial charge < -0.3 is 19.9 Å². The van der Waals surface area contributed by atoms with Crippen molar-refractivity contribution < 1.29 is 14.3 Å². The third-order valence-corrected chi connectivity index (χ3v) is 5.88. The van der Waals surface area contributed by atoms with Crippen LogP contribution in [-0.4, -0.2) is 60.4 Å². The van der Waals surface area contributed by atoms with E-state index >= 15 is 0 Å². The molecule has 2 amide bonds. The van der Waals surface area contributed by atoms with E-state index in [1.54, 1.807) is 37.1 Å². The SMILES string of the molecule is C=C(/N=C(/C)N(CC(=O)N1CC(C)C1)C(C)OC)c1ccc(C#N)cc1NC(=O)C1CC1. The minimum absolute atomic E-state index is 0.0281. The molecule has 1 atom stereocenters. The van der Waals surface area contributed by atoms with E-state index in [0.29, 0.717) is 34.3 Å². The highest BCUT2D eigenvalue weighted by atomic mass is 16.5. The first-order valence-corrected chi connectivity index (χ1v) is 10.9. The van der Waals surface area contributed by atoms with E-state index in [9.17, 15) is 14.9 Å². The van der Waals surface area contributed by atoms with Crippen LogP contribution in [0, 0.1) is 23.2 Å². The molecule has 1 aliphatic heterocycles. The van der Waals surface area contributed by atoms with Crippen molar-refractivity contribution in [3.8, 4) is 6.07 Å². The van der Waals surface area contributed by atoms with Crippen LogP contribution in [-0.2, 0) is 14.3 Å². The molecule has 8 nitrogen and oxygen atoms in total. The third-order valence-electron chi connectivity index (χ3n) is 5.88. The van der Waals surface area contributed by atoms with Crippen LogP contribution in [0.4, 0.5) is 5.69 Å². The van der Waals surface area contributed by atoms with Crippen LogP contribution >= 0.6 is 0 Å². The van der Waals surface area contributed by atoms with Crippen molar-refractivity contribution in [2.45, 2.75) is 39.8 Å². The Labute approximate surface area is 189 Å². The highest BCUT2D eigenvalue weighted by molar-refractivity contribution is 5.98. The summed E-state index contributed by atoms with van der Waals surface area (Å²) in [5, 5.41) is 12.2. The zero-order valence-corrected chi connectivity index (χ0v) is 19.2. The van der Waals surface area contributed by atoms with E-state index in [4.69, 9.17) is 4.74 Å².